The molecule has 3 unspecified atom stereocenters. The van der Waals surface area contributed by atoms with Crippen LogP contribution in [0.3, 0.4) is 0 Å². The third-order valence-corrected chi connectivity index (χ3v) is 4.64. The van der Waals surface area contributed by atoms with E-state index in [2.05, 4.69) is 10.6 Å². The molecule has 3 atom stereocenters. The lowest BCUT2D eigenvalue weighted by Gasteiger charge is -2.37. The number of alkyl halides is 3. The van der Waals surface area contributed by atoms with Gasteiger partial charge in [0.05, 0.1) is 0 Å². The second kappa shape index (κ2) is 6.13. The van der Waals surface area contributed by atoms with Crippen LogP contribution in [0.25, 0.3) is 0 Å². The van der Waals surface area contributed by atoms with Gasteiger partial charge in [0.2, 0.25) is 0 Å². The minimum Gasteiger partial charge on any atom is -0.344 e. The molecule has 1 fully saturated rings. The smallest absolute Gasteiger partial charge is 0.344 e. The van der Waals surface area contributed by atoms with Crippen molar-refractivity contribution in [3.63, 3.8) is 0 Å². The van der Waals surface area contributed by atoms with Crippen molar-refractivity contribution >= 4 is 17.2 Å². The van der Waals surface area contributed by atoms with Gasteiger partial charge >= 0.3 is 12.1 Å². The fraction of sp³-hybridized carbons (Fsp3) is 0.615. The lowest BCUT2D eigenvalue weighted by atomic mass is 9.88. The Morgan fingerprint density at radius 1 is 1.55 bits per heavy atom. The van der Waals surface area contributed by atoms with E-state index in [0.717, 1.165) is 11.4 Å². The van der Waals surface area contributed by atoms with E-state index in [9.17, 15) is 18.0 Å². The SMILES string of the molecule is CCC1NCC(c2cccs2)CC1NC(=O)C(F)(F)F. The molecule has 0 spiro atoms. The molecule has 1 aromatic heterocycles. The van der Waals surface area contributed by atoms with Crippen molar-refractivity contribution in [1.29, 1.82) is 0 Å². The van der Waals surface area contributed by atoms with Gasteiger partial charge in [0.1, 0.15) is 0 Å². The zero-order chi connectivity index (χ0) is 14.8. The van der Waals surface area contributed by atoms with Crippen LogP contribution >= 0.6 is 11.3 Å². The number of carbonyl (C=O) groups excluding carboxylic acids is 1. The van der Waals surface area contributed by atoms with Crippen LogP contribution < -0.4 is 10.6 Å². The van der Waals surface area contributed by atoms with Crippen molar-refractivity contribution in [3.8, 4) is 0 Å². The van der Waals surface area contributed by atoms with Gasteiger partial charge in [-0.1, -0.05) is 13.0 Å². The molecule has 1 amide bonds. The first-order valence-corrected chi connectivity index (χ1v) is 7.44. The molecule has 20 heavy (non-hydrogen) atoms. The monoisotopic (exact) mass is 306 g/mol. The Bertz CT molecular complexity index is 447. The van der Waals surface area contributed by atoms with Crippen molar-refractivity contribution in [1.82, 2.24) is 10.6 Å². The van der Waals surface area contributed by atoms with E-state index >= 15 is 0 Å². The van der Waals surface area contributed by atoms with Crippen LogP contribution in [-0.2, 0) is 4.79 Å². The molecule has 7 heteroatoms. The number of nitrogens with one attached hydrogen (secondary N) is 2. The minimum atomic E-state index is -4.83. The van der Waals surface area contributed by atoms with E-state index in [1.165, 1.54) is 0 Å². The highest BCUT2D eigenvalue weighted by molar-refractivity contribution is 7.10. The normalized spacial score (nSPS) is 27.3. The van der Waals surface area contributed by atoms with Crippen molar-refractivity contribution in [2.75, 3.05) is 6.54 Å². The maximum Gasteiger partial charge on any atom is 0.471 e. The van der Waals surface area contributed by atoms with Crippen molar-refractivity contribution in [2.45, 2.75) is 43.9 Å². The summed E-state index contributed by atoms with van der Waals surface area (Å²) in [5, 5.41) is 7.32. The summed E-state index contributed by atoms with van der Waals surface area (Å²) in [6.45, 7) is 2.63. The fourth-order valence-electron chi connectivity index (χ4n) is 2.57. The van der Waals surface area contributed by atoms with Gasteiger partial charge in [0.25, 0.3) is 0 Å². The number of carbonyl (C=O) groups is 1. The Labute approximate surface area is 119 Å². The fourth-order valence-corrected chi connectivity index (χ4v) is 3.41. The Balaban J connectivity index is 2.05. The molecule has 1 aliphatic heterocycles. The first-order chi connectivity index (χ1) is 9.41. The Kier molecular flexibility index (Phi) is 4.70. The Morgan fingerprint density at radius 2 is 2.30 bits per heavy atom. The van der Waals surface area contributed by atoms with Crippen LogP contribution in [-0.4, -0.2) is 30.7 Å². The van der Waals surface area contributed by atoms with Gasteiger partial charge in [0, 0.05) is 29.4 Å². The predicted molar refractivity (Wildman–Crippen MR) is 71.7 cm³/mol. The standard InChI is InChI=1S/C13H17F3N2OS/c1-2-9-10(18-12(19)13(14,15)16)6-8(7-17-9)11-4-3-5-20-11/h3-5,8-10,17H,2,6-7H2,1H3,(H,18,19). The maximum atomic E-state index is 12.4. The number of hydrogen-bond acceptors (Lipinski definition) is 3. The van der Waals surface area contributed by atoms with Crippen LogP contribution in [0.4, 0.5) is 13.2 Å². The molecule has 2 N–H and O–H groups in total. The first kappa shape index (κ1) is 15.3. The zero-order valence-electron chi connectivity index (χ0n) is 11.0. The minimum absolute atomic E-state index is 0.113. The summed E-state index contributed by atoms with van der Waals surface area (Å²) in [6.07, 6.45) is -3.61. The predicted octanol–water partition coefficient (Wildman–Crippen LogP) is 2.65. The number of halogens is 3. The molecule has 0 aromatic carbocycles. The van der Waals surface area contributed by atoms with E-state index < -0.39 is 18.1 Å². The van der Waals surface area contributed by atoms with Crippen LogP contribution in [0.2, 0.25) is 0 Å². The molecule has 112 valence electrons. The number of rotatable bonds is 3. The van der Waals surface area contributed by atoms with Crippen LogP contribution in [0.5, 0.6) is 0 Å². The second-order valence-corrected chi connectivity index (χ2v) is 5.93. The molecule has 2 heterocycles. The van der Waals surface area contributed by atoms with Gasteiger partial charge in [-0.25, -0.2) is 0 Å². The molecule has 2 rings (SSSR count). The van der Waals surface area contributed by atoms with E-state index in [4.69, 9.17) is 0 Å². The van der Waals surface area contributed by atoms with Gasteiger partial charge < -0.3 is 10.6 Å². The third kappa shape index (κ3) is 3.52. The highest BCUT2D eigenvalue weighted by atomic mass is 32.1. The molecule has 1 aromatic rings. The molecule has 0 saturated carbocycles. The molecular weight excluding hydrogens is 289 g/mol. The van der Waals surface area contributed by atoms with Crippen LogP contribution in [0, 0.1) is 0 Å². The molecule has 1 aliphatic rings. The van der Waals surface area contributed by atoms with Gasteiger partial charge in [-0.15, -0.1) is 11.3 Å². The maximum absolute atomic E-state index is 12.4. The molecule has 1 saturated heterocycles. The molecule has 0 aliphatic carbocycles. The lowest BCUT2D eigenvalue weighted by molar-refractivity contribution is -0.174. The Hall–Kier alpha value is -1.08. The Morgan fingerprint density at radius 3 is 2.85 bits per heavy atom. The lowest BCUT2D eigenvalue weighted by Crippen LogP contribution is -2.57. The highest BCUT2D eigenvalue weighted by Gasteiger charge is 2.42. The second-order valence-electron chi connectivity index (χ2n) is 4.95. The zero-order valence-corrected chi connectivity index (χ0v) is 11.9. The summed E-state index contributed by atoms with van der Waals surface area (Å²) in [5.41, 5.74) is 0. The number of thiophene rings is 1. The van der Waals surface area contributed by atoms with E-state index in [1.807, 2.05) is 24.4 Å². The van der Waals surface area contributed by atoms with E-state index in [0.29, 0.717) is 12.8 Å². The molecular formula is C13H17F3N2OS. The topological polar surface area (TPSA) is 41.1 Å². The third-order valence-electron chi connectivity index (χ3n) is 3.61. The van der Waals surface area contributed by atoms with Gasteiger partial charge in [-0.05, 0) is 24.3 Å². The average Bonchev–Trinajstić information content (AvgIpc) is 2.91. The summed E-state index contributed by atoms with van der Waals surface area (Å²) >= 11 is 1.59. The number of hydrogen-bond donors (Lipinski definition) is 2. The quantitative estimate of drug-likeness (QED) is 0.901. The van der Waals surface area contributed by atoms with Crippen molar-refractivity contribution in [3.05, 3.63) is 22.4 Å². The molecule has 3 nitrogen and oxygen atoms in total. The van der Waals surface area contributed by atoms with Crippen molar-refractivity contribution in [2.24, 2.45) is 0 Å². The summed E-state index contributed by atoms with van der Waals surface area (Å²) in [4.78, 5) is 12.3. The molecule has 0 radical (unpaired) electrons. The van der Waals surface area contributed by atoms with Gasteiger partial charge in [-0.2, -0.15) is 13.2 Å². The summed E-state index contributed by atoms with van der Waals surface area (Å²) < 4.78 is 37.1. The van der Waals surface area contributed by atoms with Gasteiger partial charge in [-0.3, -0.25) is 4.79 Å². The number of amides is 1. The first-order valence-electron chi connectivity index (χ1n) is 6.56. The summed E-state index contributed by atoms with van der Waals surface area (Å²) in [6, 6.07) is 3.30. The number of piperidine rings is 1. The largest absolute Gasteiger partial charge is 0.471 e. The average molecular weight is 306 g/mol. The van der Waals surface area contributed by atoms with Crippen LogP contribution in [0.15, 0.2) is 17.5 Å². The van der Waals surface area contributed by atoms with E-state index in [-0.39, 0.29) is 12.0 Å². The summed E-state index contributed by atoms with van der Waals surface area (Å²) in [7, 11) is 0. The molecule has 0 bridgehead atoms. The van der Waals surface area contributed by atoms with Gasteiger partial charge in [0.15, 0.2) is 0 Å². The van der Waals surface area contributed by atoms with Crippen LogP contribution in [0.1, 0.15) is 30.6 Å². The van der Waals surface area contributed by atoms with Crippen molar-refractivity contribution < 1.29 is 18.0 Å². The summed E-state index contributed by atoms with van der Waals surface area (Å²) in [5.74, 6) is -1.70. The highest BCUT2D eigenvalue weighted by Crippen LogP contribution is 2.30. The van der Waals surface area contributed by atoms with E-state index in [1.54, 1.807) is 11.3 Å².